The first-order chi connectivity index (χ1) is 12.7. The zero-order valence-electron chi connectivity index (χ0n) is 14.6. The lowest BCUT2D eigenvalue weighted by Crippen LogP contribution is -2.39. The molecular formula is C18H23N5O3. The number of carbonyl (C=O) groups excluding carboxylic acids is 1. The van der Waals surface area contributed by atoms with Crippen molar-refractivity contribution in [2.24, 2.45) is 5.92 Å². The van der Waals surface area contributed by atoms with Crippen LogP contribution in [-0.2, 0) is 11.2 Å². The molecule has 138 valence electrons. The molecular weight excluding hydrogens is 334 g/mol. The molecule has 1 amide bonds. The minimum atomic E-state index is -0.608. The quantitative estimate of drug-likeness (QED) is 0.866. The fourth-order valence-corrected chi connectivity index (χ4v) is 3.68. The molecule has 8 heteroatoms. The van der Waals surface area contributed by atoms with E-state index in [1.165, 1.54) is 5.56 Å². The molecule has 2 aliphatic heterocycles. The van der Waals surface area contributed by atoms with Crippen molar-refractivity contribution in [3.8, 4) is 0 Å². The summed E-state index contributed by atoms with van der Waals surface area (Å²) in [6, 6.07) is 3.79. The Morgan fingerprint density at radius 1 is 1.31 bits per heavy atom. The molecule has 2 saturated heterocycles. The summed E-state index contributed by atoms with van der Waals surface area (Å²) >= 11 is 0. The number of hydrogen-bond donors (Lipinski definition) is 1. The second-order valence-electron chi connectivity index (χ2n) is 7.06. The molecule has 2 aromatic rings. The highest BCUT2D eigenvalue weighted by atomic mass is 16.5. The number of likely N-dealkylation sites (tertiary alicyclic amines) is 1. The van der Waals surface area contributed by atoms with Crippen molar-refractivity contribution in [2.75, 3.05) is 26.3 Å². The Labute approximate surface area is 151 Å². The van der Waals surface area contributed by atoms with E-state index in [0.29, 0.717) is 18.2 Å². The van der Waals surface area contributed by atoms with Gasteiger partial charge in [0, 0.05) is 25.5 Å². The van der Waals surface area contributed by atoms with Crippen molar-refractivity contribution in [2.45, 2.75) is 31.4 Å². The lowest BCUT2D eigenvalue weighted by molar-refractivity contribution is 0.0684. The average molecular weight is 357 g/mol. The Morgan fingerprint density at radius 2 is 2.15 bits per heavy atom. The van der Waals surface area contributed by atoms with E-state index in [0.717, 1.165) is 32.4 Å². The number of hydrogen-bond acceptors (Lipinski definition) is 6. The molecule has 2 fully saturated rings. The van der Waals surface area contributed by atoms with Crippen molar-refractivity contribution < 1.29 is 14.6 Å². The van der Waals surface area contributed by atoms with Crippen LogP contribution in [0.25, 0.3) is 0 Å². The van der Waals surface area contributed by atoms with Gasteiger partial charge in [0.05, 0.1) is 19.4 Å². The first kappa shape index (κ1) is 17.1. The van der Waals surface area contributed by atoms with Crippen molar-refractivity contribution in [3.63, 3.8) is 0 Å². The lowest BCUT2D eigenvalue weighted by Gasteiger charge is -2.31. The Hall–Kier alpha value is -2.32. The summed E-state index contributed by atoms with van der Waals surface area (Å²) in [6.45, 7) is 2.13. The van der Waals surface area contributed by atoms with Crippen LogP contribution in [0.15, 0.2) is 30.7 Å². The largest absolute Gasteiger partial charge is 0.388 e. The highest BCUT2D eigenvalue weighted by Crippen LogP contribution is 2.23. The monoisotopic (exact) mass is 357 g/mol. The van der Waals surface area contributed by atoms with E-state index in [2.05, 4.69) is 21.4 Å². The molecule has 0 saturated carbocycles. The van der Waals surface area contributed by atoms with Gasteiger partial charge in [0.2, 0.25) is 0 Å². The van der Waals surface area contributed by atoms with E-state index >= 15 is 0 Å². The van der Waals surface area contributed by atoms with Gasteiger partial charge in [-0.25, -0.2) is 4.68 Å². The van der Waals surface area contributed by atoms with Gasteiger partial charge in [0.1, 0.15) is 12.1 Å². The third-order valence-electron chi connectivity index (χ3n) is 5.24. The molecule has 0 aliphatic carbocycles. The smallest absolute Gasteiger partial charge is 0.276 e. The molecule has 0 spiro atoms. The number of amides is 1. The van der Waals surface area contributed by atoms with Crippen LogP contribution in [0.2, 0.25) is 0 Å². The maximum atomic E-state index is 12.7. The van der Waals surface area contributed by atoms with E-state index < -0.39 is 6.10 Å². The van der Waals surface area contributed by atoms with Crippen molar-refractivity contribution in [1.82, 2.24) is 24.9 Å². The summed E-state index contributed by atoms with van der Waals surface area (Å²) in [5.74, 6) is 0.481. The van der Waals surface area contributed by atoms with E-state index in [1.807, 2.05) is 17.2 Å². The minimum Gasteiger partial charge on any atom is -0.388 e. The summed E-state index contributed by atoms with van der Waals surface area (Å²) in [7, 11) is 0. The maximum absolute atomic E-state index is 12.7. The third-order valence-corrected chi connectivity index (χ3v) is 5.24. The zero-order valence-corrected chi connectivity index (χ0v) is 14.6. The number of aromatic nitrogens is 4. The zero-order chi connectivity index (χ0) is 17.9. The van der Waals surface area contributed by atoms with Crippen LogP contribution in [0.3, 0.4) is 0 Å². The number of carbonyl (C=O) groups is 1. The predicted molar refractivity (Wildman–Crippen MR) is 92.5 cm³/mol. The molecule has 1 N–H and O–H groups in total. The van der Waals surface area contributed by atoms with Crippen molar-refractivity contribution >= 4 is 5.91 Å². The molecule has 4 rings (SSSR count). The Bertz CT molecular complexity index is 742. The van der Waals surface area contributed by atoms with E-state index in [9.17, 15) is 9.90 Å². The Kier molecular flexibility index (Phi) is 4.94. The van der Waals surface area contributed by atoms with Gasteiger partial charge in [-0.1, -0.05) is 11.3 Å². The fourth-order valence-electron chi connectivity index (χ4n) is 3.68. The number of ether oxygens (including phenoxy) is 1. The van der Waals surface area contributed by atoms with E-state index in [-0.39, 0.29) is 18.6 Å². The van der Waals surface area contributed by atoms with Crippen LogP contribution in [0.4, 0.5) is 0 Å². The van der Waals surface area contributed by atoms with Crippen LogP contribution in [0.5, 0.6) is 0 Å². The van der Waals surface area contributed by atoms with Crippen LogP contribution < -0.4 is 0 Å². The minimum absolute atomic E-state index is 0.0931. The summed E-state index contributed by atoms with van der Waals surface area (Å²) < 4.78 is 6.77. The molecule has 0 unspecified atom stereocenters. The summed E-state index contributed by atoms with van der Waals surface area (Å²) in [6.07, 6.45) is 7.67. The predicted octanol–water partition coefficient (Wildman–Crippen LogP) is 0.700. The normalized spacial score (nSPS) is 24.1. The molecule has 2 aliphatic rings. The average Bonchev–Trinajstić information content (AvgIpc) is 3.31. The third kappa shape index (κ3) is 3.61. The van der Waals surface area contributed by atoms with Gasteiger partial charge in [0.25, 0.3) is 5.91 Å². The second kappa shape index (κ2) is 7.51. The molecule has 0 radical (unpaired) electrons. The highest BCUT2D eigenvalue weighted by molar-refractivity contribution is 5.92. The van der Waals surface area contributed by atoms with Crippen LogP contribution in [0, 0.1) is 5.92 Å². The number of rotatable bonds is 4. The van der Waals surface area contributed by atoms with E-state index in [4.69, 9.17) is 4.74 Å². The van der Waals surface area contributed by atoms with E-state index in [1.54, 1.807) is 17.1 Å². The van der Waals surface area contributed by atoms with Gasteiger partial charge in [-0.15, -0.1) is 5.10 Å². The number of piperidine rings is 1. The fraction of sp³-hybridized carbons (Fsp3) is 0.556. The van der Waals surface area contributed by atoms with Crippen LogP contribution >= 0.6 is 0 Å². The van der Waals surface area contributed by atoms with Gasteiger partial charge in [-0.2, -0.15) is 0 Å². The topological polar surface area (TPSA) is 93.4 Å². The number of aliphatic hydroxyl groups is 1. The Balaban J connectivity index is 1.33. The molecule has 2 atom stereocenters. The standard InChI is InChI=1S/C18H23N5O3/c24-17-12-26-11-16(17)23-10-15(20-21-23)18(25)22-6-3-13(4-7-22)8-14-2-1-5-19-9-14/h1-2,5,9-10,13,16-17,24H,3-4,6-8,11-12H2/t16-,17-/m1/s1. The number of aliphatic hydroxyl groups excluding tert-OH is 1. The molecule has 2 aromatic heterocycles. The SMILES string of the molecule is O=C(c1cn([C@@H]2COC[C@H]2O)nn1)N1CCC(Cc2cccnc2)CC1. The van der Waals surface area contributed by atoms with Crippen LogP contribution in [0.1, 0.15) is 34.9 Å². The summed E-state index contributed by atoms with van der Waals surface area (Å²) in [5, 5.41) is 17.9. The summed E-state index contributed by atoms with van der Waals surface area (Å²) in [4.78, 5) is 18.7. The van der Waals surface area contributed by atoms with Gasteiger partial charge >= 0.3 is 0 Å². The molecule has 0 bridgehead atoms. The molecule has 26 heavy (non-hydrogen) atoms. The number of nitrogens with zero attached hydrogens (tertiary/aromatic N) is 5. The first-order valence-electron chi connectivity index (χ1n) is 9.06. The molecule has 4 heterocycles. The molecule has 8 nitrogen and oxygen atoms in total. The highest BCUT2D eigenvalue weighted by Gasteiger charge is 2.31. The van der Waals surface area contributed by atoms with Crippen molar-refractivity contribution in [1.29, 1.82) is 0 Å². The Morgan fingerprint density at radius 3 is 2.85 bits per heavy atom. The van der Waals surface area contributed by atoms with Crippen LogP contribution in [-0.4, -0.2) is 68.3 Å². The second-order valence-corrected chi connectivity index (χ2v) is 7.06. The maximum Gasteiger partial charge on any atom is 0.276 e. The van der Waals surface area contributed by atoms with Gasteiger partial charge in [-0.3, -0.25) is 9.78 Å². The van der Waals surface area contributed by atoms with Gasteiger partial charge < -0.3 is 14.7 Å². The lowest BCUT2D eigenvalue weighted by atomic mass is 9.90. The van der Waals surface area contributed by atoms with Gasteiger partial charge in [-0.05, 0) is 36.8 Å². The number of pyridine rings is 1. The van der Waals surface area contributed by atoms with Crippen molar-refractivity contribution in [3.05, 3.63) is 42.0 Å². The summed E-state index contributed by atoms with van der Waals surface area (Å²) in [5.41, 5.74) is 1.58. The van der Waals surface area contributed by atoms with Gasteiger partial charge in [0.15, 0.2) is 5.69 Å². The first-order valence-corrected chi connectivity index (χ1v) is 9.06. The molecule has 0 aromatic carbocycles.